The van der Waals surface area contributed by atoms with Crippen LogP contribution in [0.15, 0.2) is 491 Å². The van der Waals surface area contributed by atoms with Crippen molar-refractivity contribution < 1.29 is 0 Å². The van der Waals surface area contributed by atoms with E-state index in [0.29, 0.717) is 34.2 Å². The molecule has 24 aromatic rings. The predicted molar refractivity (Wildman–Crippen MR) is 588 cm³/mol. The Labute approximate surface area is 833 Å². The van der Waals surface area contributed by atoms with Crippen molar-refractivity contribution in [3.05, 3.63) is 508 Å². The SMILES string of the molecule is N#Cc1ccc(-c2ccc3c4c(ccc(-c5ccc(-c6ccc(-c7nc(-c8ccccc8)cc(-c8ccccc8)n7)cc6)cc5)c24)-c2ccccc2-3)cc1.N#Cc1ccc(-c2ccc3c4c(ccc(-c5ccc(-c6nc(-c7ccccc7)cc(-c7ccccc7)n6)cc5)c24)-c2ccccc2-3)cc1.N#Cc1ccc(-c2ccc3c4c(ccc(-c5nc(-c6ccccc6)cc(-c6ccccc6)n5)c24)-c2ccccc2-3)cc1. The van der Waals surface area contributed by atoms with Gasteiger partial charge in [0.15, 0.2) is 17.5 Å². The molecule has 144 heavy (non-hydrogen) atoms. The summed E-state index contributed by atoms with van der Waals surface area (Å²) in [5.41, 5.74) is 45.1. The number of benzene rings is 21. The van der Waals surface area contributed by atoms with Crippen LogP contribution in [-0.2, 0) is 0 Å². The molecule has 0 saturated carbocycles. The molecule has 0 N–H and O–H groups in total. The monoisotopic (exact) mass is 1830 g/mol. The highest BCUT2D eigenvalue weighted by atomic mass is 14.9. The van der Waals surface area contributed by atoms with E-state index in [1.54, 1.807) is 0 Å². The van der Waals surface area contributed by atoms with Gasteiger partial charge in [-0.2, -0.15) is 15.8 Å². The summed E-state index contributed by atoms with van der Waals surface area (Å²) in [7, 11) is 0. The molecule has 0 amide bonds. The molecule has 9 heteroatoms. The van der Waals surface area contributed by atoms with Crippen molar-refractivity contribution >= 4 is 32.3 Å². The third-order valence-electron chi connectivity index (χ3n) is 27.9. The van der Waals surface area contributed by atoms with E-state index in [4.69, 9.17) is 29.9 Å². The Kier molecular flexibility index (Phi) is 22.0. The van der Waals surface area contributed by atoms with E-state index in [2.05, 4.69) is 352 Å². The first-order valence-corrected chi connectivity index (χ1v) is 48.2. The molecule has 9 nitrogen and oxygen atoms in total. The maximum absolute atomic E-state index is 9.46. The molecule has 3 aliphatic carbocycles. The van der Waals surface area contributed by atoms with Crippen molar-refractivity contribution in [2.24, 2.45) is 0 Å². The highest BCUT2D eigenvalue weighted by Gasteiger charge is 2.31. The standard InChI is InChI=1S/C51H31N3.C45H27N3.C39H23N3/c52-32-33-15-17-36(18-16-33)41-27-29-45-43-13-7-8-14-44(43)46-30-28-42(49(41)50(45)46)37-23-19-34(20-24-37)35-21-25-40(26-22-35)51-53-47(38-9-3-1-4-10-38)31-48(54-51)39-11-5-2-6-12-39;46-28-29-15-17-30(18-16-29)35-23-25-39-37-13-7-8-14-38(37)40-26-24-36(43(35)44(39)40)31-19-21-34(22-20-31)45-47-41(32-9-3-1-4-10-32)27-42(48-45)33-11-5-2-6-12-33;40-24-25-15-17-26(18-16-25)29-19-20-32-30-13-7-8-14-31(30)33-21-22-34(37(29)38(32)33)39-41-35(27-9-3-1-4-10-27)23-36(42-39)28-11-5-2-6-12-28/h1-31H;1-27H;1-23H. The van der Waals surface area contributed by atoms with E-state index in [1.807, 2.05) is 158 Å². The van der Waals surface area contributed by atoms with E-state index in [1.165, 1.54) is 105 Å². The van der Waals surface area contributed by atoms with Gasteiger partial charge in [0.2, 0.25) is 0 Å². The van der Waals surface area contributed by atoms with Gasteiger partial charge in [-0.1, -0.05) is 431 Å². The van der Waals surface area contributed by atoms with Gasteiger partial charge in [-0.15, -0.1) is 0 Å². The van der Waals surface area contributed by atoms with Crippen LogP contribution in [0.1, 0.15) is 16.7 Å². The van der Waals surface area contributed by atoms with Crippen LogP contribution in [0.3, 0.4) is 0 Å². The Morgan fingerprint density at radius 2 is 0.278 bits per heavy atom. The average molecular weight is 1830 g/mol. The number of hydrogen-bond donors (Lipinski definition) is 0. The number of hydrogen-bond acceptors (Lipinski definition) is 9. The fourth-order valence-electron chi connectivity index (χ4n) is 21.0. The van der Waals surface area contributed by atoms with Gasteiger partial charge in [-0.3, -0.25) is 0 Å². The molecule has 0 fully saturated rings. The van der Waals surface area contributed by atoms with Crippen LogP contribution in [-0.4, -0.2) is 29.9 Å². The summed E-state index contributed by atoms with van der Waals surface area (Å²) >= 11 is 0. The summed E-state index contributed by atoms with van der Waals surface area (Å²) in [5, 5.41) is 35.6. The molecular weight excluding hydrogens is 1750 g/mol. The summed E-state index contributed by atoms with van der Waals surface area (Å²) in [6, 6.07) is 177. The minimum absolute atomic E-state index is 0.642. The highest BCUT2D eigenvalue weighted by Crippen LogP contribution is 2.57. The number of nitrogens with zero attached hydrogens (tertiary/aromatic N) is 9. The normalized spacial score (nSPS) is 11.3. The van der Waals surface area contributed by atoms with Crippen molar-refractivity contribution in [1.29, 1.82) is 15.8 Å². The van der Waals surface area contributed by atoms with Gasteiger partial charge < -0.3 is 0 Å². The van der Waals surface area contributed by atoms with Gasteiger partial charge in [-0.25, -0.2) is 29.9 Å². The van der Waals surface area contributed by atoms with Crippen LogP contribution in [0.2, 0.25) is 0 Å². The second kappa shape index (κ2) is 36.9. The van der Waals surface area contributed by atoms with Gasteiger partial charge in [0.25, 0.3) is 0 Å². The first kappa shape index (κ1) is 85.7. The Bertz CT molecular complexity index is 9050. The zero-order valence-corrected chi connectivity index (χ0v) is 77.8. The molecule has 3 heterocycles. The van der Waals surface area contributed by atoms with Crippen LogP contribution in [0, 0.1) is 34.0 Å². The summed E-state index contributed by atoms with van der Waals surface area (Å²) in [6.07, 6.45) is 0. The van der Waals surface area contributed by atoms with Gasteiger partial charge in [-0.05, 0) is 221 Å². The van der Waals surface area contributed by atoms with E-state index in [9.17, 15) is 15.8 Å². The molecule has 0 radical (unpaired) electrons. The maximum Gasteiger partial charge on any atom is 0.161 e. The number of nitriles is 3. The quantitative estimate of drug-likeness (QED) is 0.0978. The van der Waals surface area contributed by atoms with Gasteiger partial charge in [0.1, 0.15) is 0 Å². The third kappa shape index (κ3) is 15.8. The van der Waals surface area contributed by atoms with Gasteiger partial charge in [0, 0.05) is 55.5 Å². The molecule has 27 rings (SSSR count). The second-order valence-electron chi connectivity index (χ2n) is 36.2. The molecule has 0 spiro atoms. The Hall–Kier alpha value is -19.9. The van der Waals surface area contributed by atoms with E-state index < -0.39 is 0 Å². The third-order valence-corrected chi connectivity index (χ3v) is 27.9. The molecule has 666 valence electrons. The molecule has 0 unspecified atom stereocenters. The molecule has 0 aliphatic heterocycles. The summed E-state index contributed by atoms with van der Waals surface area (Å²) in [5.74, 6) is 2.07. The van der Waals surface area contributed by atoms with Gasteiger partial charge in [0.05, 0.1) is 69.1 Å². The molecule has 0 bridgehead atoms. The molecule has 3 aromatic heterocycles. The van der Waals surface area contributed by atoms with Crippen LogP contribution >= 0.6 is 0 Å². The zero-order chi connectivity index (χ0) is 96.1. The van der Waals surface area contributed by atoms with Crippen LogP contribution < -0.4 is 0 Å². The topological polar surface area (TPSA) is 149 Å². The van der Waals surface area contributed by atoms with Crippen molar-refractivity contribution in [2.75, 3.05) is 0 Å². The summed E-state index contributed by atoms with van der Waals surface area (Å²) in [4.78, 5) is 30.5. The largest absolute Gasteiger partial charge is 0.228 e. The van der Waals surface area contributed by atoms with Crippen molar-refractivity contribution in [3.8, 4) is 253 Å². The number of aromatic nitrogens is 6. The molecule has 3 aliphatic rings. The summed E-state index contributed by atoms with van der Waals surface area (Å²) in [6.45, 7) is 0. The van der Waals surface area contributed by atoms with E-state index >= 15 is 0 Å². The lowest BCUT2D eigenvalue weighted by Crippen LogP contribution is -1.97. The Balaban J connectivity index is 0.000000114. The van der Waals surface area contributed by atoms with E-state index in [-0.39, 0.29) is 0 Å². The lowest BCUT2D eigenvalue weighted by Gasteiger charge is -2.16. The Morgan fingerprint density at radius 1 is 0.118 bits per heavy atom. The number of rotatable bonds is 15. The van der Waals surface area contributed by atoms with Crippen LogP contribution in [0.25, 0.3) is 268 Å². The van der Waals surface area contributed by atoms with Crippen LogP contribution in [0.4, 0.5) is 0 Å². The smallest absolute Gasteiger partial charge is 0.161 e. The van der Waals surface area contributed by atoms with Crippen molar-refractivity contribution in [1.82, 2.24) is 29.9 Å². The van der Waals surface area contributed by atoms with Crippen LogP contribution in [0.5, 0.6) is 0 Å². The predicted octanol–water partition coefficient (Wildman–Crippen LogP) is 34.5. The lowest BCUT2D eigenvalue weighted by atomic mass is 9.88. The fourth-order valence-corrected chi connectivity index (χ4v) is 21.0. The van der Waals surface area contributed by atoms with E-state index in [0.717, 1.165) is 145 Å². The average Bonchev–Trinajstić information content (AvgIpc) is 1.55. The van der Waals surface area contributed by atoms with Crippen molar-refractivity contribution in [3.63, 3.8) is 0 Å². The fraction of sp³-hybridized carbons (Fsp3) is 0. The molecular formula is C135H81N9. The first-order chi connectivity index (χ1) is 71.2. The minimum atomic E-state index is 0.642. The lowest BCUT2D eigenvalue weighted by molar-refractivity contribution is 1.18. The first-order valence-electron chi connectivity index (χ1n) is 48.2. The number of fused-ring (bicyclic) bond motifs is 9. The second-order valence-corrected chi connectivity index (χ2v) is 36.2. The zero-order valence-electron chi connectivity index (χ0n) is 77.8. The van der Waals surface area contributed by atoms with Gasteiger partial charge >= 0.3 is 0 Å². The highest BCUT2D eigenvalue weighted by molar-refractivity contribution is 6.26. The minimum Gasteiger partial charge on any atom is -0.228 e. The molecule has 21 aromatic carbocycles. The summed E-state index contributed by atoms with van der Waals surface area (Å²) < 4.78 is 0. The Morgan fingerprint density at radius 3 is 0.493 bits per heavy atom. The molecule has 0 saturated heterocycles. The molecule has 0 atom stereocenters. The van der Waals surface area contributed by atoms with Crippen molar-refractivity contribution in [2.45, 2.75) is 0 Å². The maximum atomic E-state index is 9.46.